The van der Waals surface area contributed by atoms with Gasteiger partial charge in [-0.3, -0.25) is 4.90 Å². The molecular formula is C21H27BrN2O4S. The molecule has 3 rings (SSSR count). The zero-order valence-electron chi connectivity index (χ0n) is 16.7. The van der Waals surface area contributed by atoms with Crippen LogP contribution in [0.2, 0.25) is 0 Å². The molecule has 1 aliphatic rings. The summed E-state index contributed by atoms with van der Waals surface area (Å²) in [6.07, 6.45) is -0.635. The van der Waals surface area contributed by atoms with Crippen molar-refractivity contribution in [1.82, 2.24) is 9.21 Å². The number of β-amino-alcohol motifs (C(OH)–C–C–N with tert-alkyl or cyclic N) is 1. The number of piperazine rings is 1. The largest absolute Gasteiger partial charge is 0.491 e. The van der Waals surface area contributed by atoms with Crippen molar-refractivity contribution in [2.75, 3.05) is 39.3 Å². The van der Waals surface area contributed by atoms with E-state index in [2.05, 4.69) is 20.8 Å². The first-order valence-electron chi connectivity index (χ1n) is 9.62. The van der Waals surface area contributed by atoms with Gasteiger partial charge in [0.05, 0.1) is 4.90 Å². The van der Waals surface area contributed by atoms with Gasteiger partial charge >= 0.3 is 0 Å². The van der Waals surface area contributed by atoms with E-state index in [4.69, 9.17) is 4.74 Å². The number of rotatable bonds is 7. The third kappa shape index (κ3) is 5.79. The Labute approximate surface area is 181 Å². The average Bonchev–Trinajstić information content (AvgIpc) is 2.68. The molecule has 8 heteroatoms. The second-order valence-electron chi connectivity index (χ2n) is 7.40. The van der Waals surface area contributed by atoms with Gasteiger partial charge in [0, 0.05) is 37.2 Å². The lowest BCUT2D eigenvalue weighted by Crippen LogP contribution is -2.50. The van der Waals surface area contributed by atoms with Crippen LogP contribution in [0.4, 0.5) is 0 Å². The summed E-state index contributed by atoms with van der Waals surface area (Å²) in [5.41, 5.74) is 2.22. The van der Waals surface area contributed by atoms with Crippen molar-refractivity contribution in [3.05, 3.63) is 58.1 Å². The van der Waals surface area contributed by atoms with E-state index in [9.17, 15) is 13.5 Å². The fourth-order valence-corrected chi connectivity index (χ4v) is 5.45. The molecule has 0 aliphatic carbocycles. The van der Waals surface area contributed by atoms with Crippen molar-refractivity contribution in [2.24, 2.45) is 0 Å². The molecule has 0 saturated carbocycles. The number of nitrogens with zero attached hydrogens (tertiary/aromatic N) is 2. The Morgan fingerprint density at radius 1 is 1.10 bits per heavy atom. The summed E-state index contributed by atoms with van der Waals surface area (Å²) in [6.45, 7) is 6.64. The first kappa shape index (κ1) is 22.2. The number of halogens is 1. The Balaban J connectivity index is 1.49. The topological polar surface area (TPSA) is 70.1 Å². The minimum atomic E-state index is -3.50. The molecule has 158 valence electrons. The molecule has 29 heavy (non-hydrogen) atoms. The van der Waals surface area contributed by atoms with Crippen molar-refractivity contribution in [2.45, 2.75) is 24.8 Å². The molecule has 0 amide bonds. The van der Waals surface area contributed by atoms with Crippen LogP contribution in [0, 0.1) is 13.8 Å². The second-order valence-corrected chi connectivity index (χ2v) is 10.2. The first-order valence-corrected chi connectivity index (χ1v) is 11.9. The predicted molar refractivity (Wildman–Crippen MR) is 117 cm³/mol. The highest BCUT2D eigenvalue weighted by molar-refractivity contribution is 9.10. The molecule has 1 saturated heterocycles. The molecule has 0 bridgehead atoms. The molecule has 1 N–H and O–H groups in total. The molecule has 1 heterocycles. The Morgan fingerprint density at radius 2 is 1.83 bits per heavy atom. The zero-order chi connectivity index (χ0) is 21.0. The third-order valence-electron chi connectivity index (χ3n) is 5.00. The fourth-order valence-electron chi connectivity index (χ4n) is 3.43. The van der Waals surface area contributed by atoms with E-state index in [1.54, 1.807) is 24.3 Å². The van der Waals surface area contributed by atoms with Gasteiger partial charge in [-0.1, -0.05) is 39.7 Å². The Morgan fingerprint density at radius 3 is 2.48 bits per heavy atom. The molecule has 1 unspecified atom stereocenters. The number of aryl methyl sites for hydroxylation is 2. The van der Waals surface area contributed by atoms with Crippen LogP contribution in [0.25, 0.3) is 0 Å². The number of sulfonamides is 1. The minimum absolute atomic E-state index is 0.209. The number of ether oxygens (including phenoxy) is 1. The molecule has 0 spiro atoms. The highest BCUT2D eigenvalue weighted by Gasteiger charge is 2.29. The number of aliphatic hydroxyl groups excluding tert-OH is 1. The van der Waals surface area contributed by atoms with Gasteiger partial charge in [0.1, 0.15) is 18.5 Å². The molecule has 2 aromatic rings. The van der Waals surface area contributed by atoms with Gasteiger partial charge in [-0.25, -0.2) is 8.42 Å². The van der Waals surface area contributed by atoms with Crippen molar-refractivity contribution in [3.8, 4) is 5.75 Å². The van der Waals surface area contributed by atoms with Gasteiger partial charge in [0.15, 0.2) is 0 Å². The number of benzene rings is 2. The molecule has 2 aromatic carbocycles. The van der Waals surface area contributed by atoms with Gasteiger partial charge in [-0.05, 0) is 43.7 Å². The quantitative estimate of drug-likeness (QED) is 0.656. The van der Waals surface area contributed by atoms with E-state index in [-0.39, 0.29) is 6.61 Å². The van der Waals surface area contributed by atoms with Crippen LogP contribution in [0.1, 0.15) is 11.1 Å². The van der Waals surface area contributed by atoms with Crippen LogP contribution in [-0.2, 0) is 10.0 Å². The third-order valence-corrected chi connectivity index (χ3v) is 7.38. The van der Waals surface area contributed by atoms with Crippen LogP contribution < -0.4 is 4.74 Å². The van der Waals surface area contributed by atoms with E-state index in [1.807, 2.05) is 32.0 Å². The molecule has 1 atom stereocenters. The summed E-state index contributed by atoms with van der Waals surface area (Å²) in [6, 6.07) is 12.7. The molecule has 0 aromatic heterocycles. The SMILES string of the molecule is Cc1ccc(OCC(O)CN2CCN(S(=O)(=O)c3cccc(Br)c3)CC2)c(C)c1. The van der Waals surface area contributed by atoms with E-state index >= 15 is 0 Å². The summed E-state index contributed by atoms with van der Waals surface area (Å²) >= 11 is 3.32. The van der Waals surface area contributed by atoms with Gasteiger partial charge < -0.3 is 9.84 Å². The standard InChI is InChI=1S/C21H27BrN2O4S/c1-16-6-7-21(17(2)12-16)28-15-19(25)14-23-8-10-24(11-9-23)29(26,27)20-5-3-4-18(22)13-20/h3-7,12-13,19,25H,8-11,14-15H2,1-2H3. The number of hydrogen-bond acceptors (Lipinski definition) is 5. The van der Waals surface area contributed by atoms with Crippen molar-refractivity contribution in [1.29, 1.82) is 0 Å². The summed E-state index contributed by atoms with van der Waals surface area (Å²) in [4.78, 5) is 2.37. The first-order chi connectivity index (χ1) is 13.8. The van der Waals surface area contributed by atoms with E-state index in [0.717, 1.165) is 15.8 Å². The Hall–Kier alpha value is -1.45. The van der Waals surface area contributed by atoms with Crippen LogP contribution in [0.15, 0.2) is 51.8 Å². The second kappa shape index (κ2) is 9.57. The van der Waals surface area contributed by atoms with E-state index in [0.29, 0.717) is 37.6 Å². The number of hydrogen-bond donors (Lipinski definition) is 1. The molecule has 1 fully saturated rings. The molecular weight excluding hydrogens is 456 g/mol. The summed E-state index contributed by atoms with van der Waals surface area (Å²) in [5.74, 6) is 0.777. The summed E-state index contributed by atoms with van der Waals surface area (Å²) in [5, 5.41) is 10.3. The highest BCUT2D eigenvalue weighted by Crippen LogP contribution is 2.22. The Kier molecular flexibility index (Phi) is 7.34. The van der Waals surface area contributed by atoms with Gasteiger partial charge in [0.2, 0.25) is 10.0 Å². The van der Waals surface area contributed by atoms with Crippen LogP contribution >= 0.6 is 15.9 Å². The van der Waals surface area contributed by atoms with Gasteiger partial charge in [0.25, 0.3) is 0 Å². The maximum absolute atomic E-state index is 12.8. The molecule has 0 radical (unpaired) electrons. The monoisotopic (exact) mass is 482 g/mol. The lowest BCUT2D eigenvalue weighted by atomic mass is 10.1. The fraction of sp³-hybridized carbons (Fsp3) is 0.429. The van der Waals surface area contributed by atoms with Crippen LogP contribution in [-0.4, -0.2) is 68.2 Å². The normalized spacial score (nSPS) is 17.2. The van der Waals surface area contributed by atoms with Crippen molar-refractivity contribution in [3.63, 3.8) is 0 Å². The van der Waals surface area contributed by atoms with E-state index in [1.165, 1.54) is 9.87 Å². The van der Waals surface area contributed by atoms with Gasteiger partial charge in [-0.2, -0.15) is 4.31 Å². The summed E-state index contributed by atoms with van der Waals surface area (Å²) < 4.78 is 33.6. The molecule has 1 aliphatic heterocycles. The average molecular weight is 483 g/mol. The highest BCUT2D eigenvalue weighted by atomic mass is 79.9. The predicted octanol–water partition coefficient (Wildman–Crippen LogP) is 2.81. The van der Waals surface area contributed by atoms with Gasteiger partial charge in [-0.15, -0.1) is 0 Å². The van der Waals surface area contributed by atoms with Crippen molar-refractivity contribution >= 4 is 26.0 Å². The van der Waals surface area contributed by atoms with E-state index < -0.39 is 16.1 Å². The zero-order valence-corrected chi connectivity index (χ0v) is 19.1. The maximum Gasteiger partial charge on any atom is 0.243 e. The Bertz CT molecular complexity index is 943. The number of aliphatic hydroxyl groups is 1. The summed E-state index contributed by atoms with van der Waals surface area (Å²) in [7, 11) is -3.50. The smallest absolute Gasteiger partial charge is 0.243 e. The van der Waals surface area contributed by atoms with Crippen LogP contribution in [0.3, 0.4) is 0 Å². The maximum atomic E-state index is 12.8. The molecule has 6 nitrogen and oxygen atoms in total. The minimum Gasteiger partial charge on any atom is -0.491 e. The lowest BCUT2D eigenvalue weighted by molar-refractivity contribution is 0.0567. The van der Waals surface area contributed by atoms with Crippen molar-refractivity contribution < 1.29 is 18.3 Å². The lowest BCUT2D eigenvalue weighted by Gasteiger charge is -2.34. The van der Waals surface area contributed by atoms with Crippen LogP contribution in [0.5, 0.6) is 5.75 Å².